The standard InChI is InChI=1S/C20H28N2O/c1-14(16-8-6-15(13-23)7-9-16)19-10-17(20-12-22(19)20)11-21-18-4-2-3-5-18/h6-9,13-14,17-21H,2-5,10-12H2,1H3/t14-,17-,19+,20-,22?/m1/s1. The molecular formula is C20H28N2O. The van der Waals surface area contributed by atoms with E-state index in [0.29, 0.717) is 12.0 Å². The first-order valence-corrected chi connectivity index (χ1v) is 9.30. The molecule has 1 unspecified atom stereocenters. The van der Waals surface area contributed by atoms with Gasteiger partial charge in [0.05, 0.1) is 0 Å². The molecular weight excluding hydrogens is 284 g/mol. The van der Waals surface area contributed by atoms with E-state index < -0.39 is 0 Å². The first kappa shape index (κ1) is 15.3. The number of fused-ring (bicyclic) bond motifs is 1. The molecule has 3 heteroatoms. The SMILES string of the molecule is C[C@H](c1ccc(C=O)cc1)[C@@H]1C[C@H](CNC2CCCC2)[C@H]2CN21. The number of rotatable bonds is 6. The molecule has 3 aliphatic rings. The zero-order valence-corrected chi connectivity index (χ0v) is 14.1. The van der Waals surface area contributed by atoms with Crippen molar-refractivity contribution in [2.45, 2.75) is 63.1 Å². The molecule has 1 saturated carbocycles. The minimum Gasteiger partial charge on any atom is -0.314 e. The van der Waals surface area contributed by atoms with Crippen LogP contribution >= 0.6 is 0 Å². The fourth-order valence-corrected chi connectivity index (χ4v) is 4.83. The van der Waals surface area contributed by atoms with Gasteiger partial charge < -0.3 is 5.32 Å². The van der Waals surface area contributed by atoms with Crippen molar-refractivity contribution in [3.63, 3.8) is 0 Å². The summed E-state index contributed by atoms with van der Waals surface area (Å²) in [4.78, 5) is 13.5. The van der Waals surface area contributed by atoms with Crippen molar-refractivity contribution in [1.29, 1.82) is 0 Å². The molecule has 23 heavy (non-hydrogen) atoms. The zero-order chi connectivity index (χ0) is 15.8. The van der Waals surface area contributed by atoms with Crippen molar-refractivity contribution in [2.24, 2.45) is 5.92 Å². The second-order valence-corrected chi connectivity index (χ2v) is 7.79. The van der Waals surface area contributed by atoms with Crippen LogP contribution in [-0.2, 0) is 0 Å². The predicted molar refractivity (Wildman–Crippen MR) is 92.9 cm³/mol. The number of carbonyl (C=O) groups excluding carboxylic acids is 1. The van der Waals surface area contributed by atoms with Gasteiger partial charge in [0, 0.05) is 30.2 Å². The fourth-order valence-electron chi connectivity index (χ4n) is 4.83. The van der Waals surface area contributed by atoms with Gasteiger partial charge in [0.25, 0.3) is 0 Å². The Kier molecular flexibility index (Phi) is 4.25. The van der Waals surface area contributed by atoms with E-state index in [1.54, 1.807) is 0 Å². The molecule has 124 valence electrons. The summed E-state index contributed by atoms with van der Waals surface area (Å²) in [5.41, 5.74) is 2.14. The maximum absolute atomic E-state index is 10.8. The molecule has 1 aliphatic carbocycles. The Hall–Kier alpha value is -1.19. The van der Waals surface area contributed by atoms with Gasteiger partial charge in [-0.15, -0.1) is 0 Å². The minimum absolute atomic E-state index is 0.553. The summed E-state index contributed by atoms with van der Waals surface area (Å²) in [6.45, 7) is 4.85. The van der Waals surface area contributed by atoms with Crippen molar-refractivity contribution in [1.82, 2.24) is 10.2 Å². The van der Waals surface area contributed by atoms with Crippen LogP contribution in [-0.4, -0.2) is 42.4 Å². The second-order valence-electron chi connectivity index (χ2n) is 7.79. The Bertz CT molecular complexity index is 549. The summed E-state index contributed by atoms with van der Waals surface area (Å²) in [7, 11) is 0. The quantitative estimate of drug-likeness (QED) is 0.646. The van der Waals surface area contributed by atoms with Gasteiger partial charge in [-0.1, -0.05) is 44.0 Å². The maximum Gasteiger partial charge on any atom is 0.150 e. The smallest absolute Gasteiger partial charge is 0.150 e. The number of piperidine rings is 1. The van der Waals surface area contributed by atoms with E-state index in [0.717, 1.165) is 29.9 Å². The van der Waals surface area contributed by atoms with Crippen LogP contribution in [0.1, 0.15) is 60.9 Å². The van der Waals surface area contributed by atoms with Crippen LogP contribution in [0, 0.1) is 5.92 Å². The molecule has 1 aromatic rings. The Morgan fingerprint density at radius 3 is 2.70 bits per heavy atom. The molecule has 2 saturated heterocycles. The van der Waals surface area contributed by atoms with Crippen LogP contribution in [0.2, 0.25) is 0 Å². The molecule has 2 aliphatic heterocycles. The van der Waals surface area contributed by atoms with Gasteiger partial charge in [-0.3, -0.25) is 9.69 Å². The molecule has 1 aromatic carbocycles. The molecule has 4 rings (SSSR count). The number of aldehydes is 1. The molecule has 0 bridgehead atoms. The van der Waals surface area contributed by atoms with E-state index in [-0.39, 0.29) is 0 Å². The second kappa shape index (κ2) is 6.37. The van der Waals surface area contributed by atoms with Crippen molar-refractivity contribution >= 4 is 6.29 Å². The number of carbonyl (C=O) groups is 1. The maximum atomic E-state index is 10.8. The van der Waals surface area contributed by atoms with E-state index >= 15 is 0 Å². The summed E-state index contributed by atoms with van der Waals surface area (Å²) < 4.78 is 0. The van der Waals surface area contributed by atoms with Gasteiger partial charge in [0.1, 0.15) is 6.29 Å². The third-order valence-electron chi connectivity index (χ3n) is 6.40. The fraction of sp³-hybridized carbons (Fsp3) is 0.650. The molecule has 0 spiro atoms. The zero-order valence-electron chi connectivity index (χ0n) is 14.1. The first-order chi connectivity index (χ1) is 11.3. The largest absolute Gasteiger partial charge is 0.314 e. The predicted octanol–water partition coefficient (Wildman–Crippen LogP) is 3.21. The first-order valence-electron chi connectivity index (χ1n) is 9.30. The van der Waals surface area contributed by atoms with E-state index in [9.17, 15) is 4.79 Å². The number of hydrogen-bond acceptors (Lipinski definition) is 3. The molecule has 3 fully saturated rings. The highest BCUT2D eigenvalue weighted by molar-refractivity contribution is 5.74. The average molecular weight is 312 g/mol. The minimum atomic E-state index is 0.553. The molecule has 1 N–H and O–H groups in total. The van der Waals surface area contributed by atoms with Gasteiger partial charge in [0.15, 0.2) is 0 Å². The molecule has 5 atom stereocenters. The van der Waals surface area contributed by atoms with Gasteiger partial charge in [-0.25, -0.2) is 0 Å². The molecule has 0 aromatic heterocycles. The molecule has 0 amide bonds. The number of hydrogen-bond donors (Lipinski definition) is 1. The Balaban J connectivity index is 1.35. The lowest BCUT2D eigenvalue weighted by molar-refractivity contribution is 0.112. The van der Waals surface area contributed by atoms with E-state index in [4.69, 9.17) is 0 Å². The van der Waals surface area contributed by atoms with Crippen molar-refractivity contribution < 1.29 is 4.79 Å². The highest BCUT2D eigenvalue weighted by atomic mass is 16.1. The van der Waals surface area contributed by atoms with Crippen LogP contribution in [0.15, 0.2) is 24.3 Å². The highest BCUT2D eigenvalue weighted by Crippen LogP contribution is 2.45. The summed E-state index contributed by atoms with van der Waals surface area (Å²) in [5, 5.41) is 3.83. The third kappa shape index (κ3) is 3.09. The number of nitrogens with zero attached hydrogens (tertiary/aromatic N) is 1. The Morgan fingerprint density at radius 1 is 1.26 bits per heavy atom. The van der Waals surface area contributed by atoms with E-state index in [2.05, 4.69) is 29.3 Å². The highest BCUT2D eigenvalue weighted by Gasteiger charge is 2.53. The third-order valence-corrected chi connectivity index (χ3v) is 6.40. The van der Waals surface area contributed by atoms with E-state index in [1.807, 2.05) is 12.1 Å². The lowest BCUT2D eigenvalue weighted by Crippen LogP contribution is -2.33. The molecule has 2 heterocycles. The topological polar surface area (TPSA) is 32.1 Å². The molecule has 0 radical (unpaired) electrons. The van der Waals surface area contributed by atoms with Crippen LogP contribution in [0.25, 0.3) is 0 Å². The van der Waals surface area contributed by atoms with Crippen molar-refractivity contribution in [3.05, 3.63) is 35.4 Å². The van der Waals surface area contributed by atoms with Gasteiger partial charge in [-0.2, -0.15) is 0 Å². The van der Waals surface area contributed by atoms with Crippen LogP contribution in [0.3, 0.4) is 0 Å². The van der Waals surface area contributed by atoms with Crippen molar-refractivity contribution in [2.75, 3.05) is 13.1 Å². The molecule has 3 nitrogen and oxygen atoms in total. The number of benzene rings is 1. The van der Waals surface area contributed by atoms with E-state index in [1.165, 1.54) is 50.8 Å². The van der Waals surface area contributed by atoms with Gasteiger partial charge >= 0.3 is 0 Å². The Labute approximate surface area is 139 Å². The summed E-state index contributed by atoms with van der Waals surface area (Å²) in [6, 6.07) is 10.5. The van der Waals surface area contributed by atoms with Gasteiger partial charge in [-0.05, 0) is 43.2 Å². The summed E-state index contributed by atoms with van der Waals surface area (Å²) in [6.07, 6.45) is 7.83. The number of nitrogens with one attached hydrogen (secondary N) is 1. The van der Waals surface area contributed by atoms with Gasteiger partial charge in [0.2, 0.25) is 0 Å². The summed E-state index contributed by atoms with van der Waals surface area (Å²) >= 11 is 0. The van der Waals surface area contributed by atoms with Crippen molar-refractivity contribution in [3.8, 4) is 0 Å². The van der Waals surface area contributed by atoms with Crippen LogP contribution in [0.5, 0.6) is 0 Å². The average Bonchev–Trinajstić information content (AvgIpc) is 3.05. The normalized spacial score (nSPS) is 34.3. The Morgan fingerprint density at radius 2 is 2.00 bits per heavy atom. The lowest BCUT2D eigenvalue weighted by Gasteiger charge is -2.24. The monoisotopic (exact) mass is 312 g/mol. The van der Waals surface area contributed by atoms with Crippen LogP contribution < -0.4 is 5.32 Å². The lowest BCUT2D eigenvalue weighted by atomic mass is 9.87. The van der Waals surface area contributed by atoms with Crippen LogP contribution in [0.4, 0.5) is 0 Å². The summed E-state index contributed by atoms with van der Waals surface area (Å²) in [5.74, 6) is 1.38.